The molecule has 1 atom stereocenters. The molecule has 3 rings (SSSR count). The van der Waals surface area contributed by atoms with E-state index in [2.05, 4.69) is 27.7 Å². The molecule has 1 aliphatic heterocycles. The molecule has 0 aromatic heterocycles. The molecular weight excluding hydrogens is 389 g/mol. The van der Waals surface area contributed by atoms with Crippen LogP contribution in [0.4, 0.5) is 4.39 Å². The number of nitrogens with zero attached hydrogens (tertiary/aromatic N) is 1. The maximum Gasteiger partial charge on any atom is 0.166 e. The number of ether oxygens (including phenoxy) is 2. The maximum absolute atomic E-state index is 13.3. The molecule has 0 unspecified atom stereocenters. The first kappa shape index (κ1) is 21.3. The molecule has 0 spiro atoms. The molecule has 0 aliphatic carbocycles. The van der Waals surface area contributed by atoms with E-state index in [9.17, 15) is 4.39 Å². The monoisotopic (exact) mass is 417 g/mol. The molecule has 0 radical (unpaired) electrons. The van der Waals surface area contributed by atoms with Crippen molar-refractivity contribution in [1.29, 1.82) is 0 Å². The molecule has 5 nitrogen and oxygen atoms in total. The normalized spacial score (nSPS) is 16.1. The van der Waals surface area contributed by atoms with Crippen LogP contribution in [0, 0.1) is 5.82 Å². The Balaban J connectivity index is 1.89. The summed E-state index contributed by atoms with van der Waals surface area (Å²) in [5, 5.41) is 7.11. The molecule has 2 aromatic carbocycles. The lowest BCUT2D eigenvalue weighted by Crippen LogP contribution is -2.44. The zero-order chi connectivity index (χ0) is 20.8. The molecule has 0 saturated heterocycles. The highest BCUT2D eigenvalue weighted by molar-refractivity contribution is 7.80. The second-order valence-electron chi connectivity index (χ2n) is 7.01. The van der Waals surface area contributed by atoms with Crippen LogP contribution in [0.2, 0.25) is 0 Å². The van der Waals surface area contributed by atoms with Gasteiger partial charge in [-0.05, 0) is 66.5 Å². The third kappa shape index (κ3) is 5.16. The van der Waals surface area contributed by atoms with Gasteiger partial charge in [-0.3, -0.25) is 4.90 Å². The van der Waals surface area contributed by atoms with Gasteiger partial charge in [0.2, 0.25) is 0 Å². The van der Waals surface area contributed by atoms with Gasteiger partial charge in [0, 0.05) is 26.2 Å². The standard InChI is InChI=1S/C22H28FN3O2S/c1-4-24-22(29)25-13-19-18-12-21(28-3)20(27-2)11-16(18)9-10-26(19)14-15-5-7-17(23)8-6-15/h5-8,11-12,19H,4,9-10,13-14H2,1-3H3,(H2,24,25,29)/t19-/m0/s1. The van der Waals surface area contributed by atoms with Gasteiger partial charge in [0.05, 0.1) is 20.3 Å². The highest BCUT2D eigenvalue weighted by Gasteiger charge is 2.29. The molecule has 1 aliphatic rings. The van der Waals surface area contributed by atoms with Crippen LogP contribution in [0.1, 0.15) is 29.7 Å². The van der Waals surface area contributed by atoms with Crippen molar-refractivity contribution in [3.05, 3.63) is 58.9 Å². The van der Waals surface area contributed by atoms with E-state index in [0.29, 0.717) is 17.4 Å². The van der Waals surface area contributed by atoms with Gasteiger partial charge >= 0.3 is 0 Å². The van der Waals surface area contributed by atoms with E-state index >= 15 is 0 Å². The van der Waals surface area contributed by atoms with Gasteiger partial charge in [-0.25, -0.2) is 4.39 Å². The predicted molar refractivity (Wildman–Crippen MR) is 117 cm³/mol. The van der Waals surface area contributed by atoms with Crippen molar-refractivity contribution in [3.8, 4) is 11.5 Å². The van der Waals surface area contributed by atoms with Gasteiger partial charge in [0.1, 0.15) is 5.82 Å². The Kier molecular flexibility index (Phi) is 7.28. The van der Waals surface area contributed by atoms with Crippen molar-refractivity contribution in [1.82, 2.24) is 15.5 Å². The third-order valence-corrected chi connectivity index (χ3v) is 5.49. The highest BCUT2D eigenvalue weighted by Crippen LogP contribution is 2.38. The summed E-state index contributed by atoms with van der Waals surface area (Å²) in [7, 11) is 3.30. The van der Waals surface area contributed by atoms with Gasteiger partial charge in [-0.1, -0.05) is 12.1 Å². The lowest BCUT2D eigenvalue weighted by Gasteiger charge is -2.38. The van der Waals surface area contributed by atoms with E-state index in [1.807, 2.05) is 19.1 Å². The van der Waals surface area contributed by atoms with E-state index < -0.39 is 0 Å². The third-order valence-electron chi connectivity index (χ3n) is 5.21. The van der Waals surface area contributed by atoms with Crippen LogP contribution in [0.15, 0.2) is 36.4 Å². The SMILES string of the molecule is CCNC(=S)NC[C@H]1c2cc(OC)c(OC)cc2CCN1Cc1ccc(F)cc1. The van der Waals surface area contributed by atoms with Crippen molar-refractivity contribution in [3.63, 3.8) is 0 Å². The first-order chi connectivity index (χ1) is 14.0. The van der Waals surface area contributed by atoms with E-state index in [4.69, 9.17) is 21.7 Å². The summed E-state index contributed by atoms with van der Waals surface area (Å²) in [5.41, 5.74) is 3.52. The van der Waals surface area contributed by atoms with Gasteiger partial charge in [-0.15, -0.1) is 0 Å². The topological polar surface area (TPSA) is 45.8 Å². The number of benzene rings is 2. The van der Waals surface area contributed by atoms with Crippen molar-refractivity contribution >= 4 is 17.3 Å². The number of methoxy groups -OCH3 is 2. The zero-order valence-electron chi connectivity index (χ0n) is 17.1. The molecule has 29 heavy (non-hydrogen) atoms. The summed E-state index contributed by atoms with van der Waals surface area (Å²) in [6.45, 7) is 5.07. The minimum atomic E-state index is -0.219. The van der Waals surface area contributed by atoms with E-state index in [0.717, 1.165) is 37.4 Å². The van der Waals surface area contributed by atoms with Crippen molar-refractivity contribution in [2.75, 3.05) is 33.9 Å². The van der Waals surface area contributed by atoms with E-state index in [1.165, 1.54) is 23.3 Å². The summed E-state index contributed by atoms with van der Waals surface area (Å²) >= 11 is 5.36. The average molecular weight is 418 g/mol. The fourth-order valence-corrected chi connectivity index (χ4v) is 3.97. The van der Waals surface area contributed by atoms with Crippen LogP contribution in [-0.4, -0.2) is 43.9 Å². The average Bonchev–Trinajstić information content (AvgIpc) is 2.73. The molecule has 0 bridgehead atoms. The molecular formula is C22H28FN3O2S. The Morgan fingerprint density at radius 3 is 2.48 bits per heavy atom. The first-order valence-electron chi connectivity index (χ1n) is 9.80. The molecule has 0 fully saturated rings. The number of hydrogen-bond acceptors (Lipinski definition) is 4. The largest absolute Gasteiger partial charge is 0.493 e. The number of fused-ring (bicyclic) bond motifs is 1. The molecule has 1 heterocycles. The van der Waals surface area contributed by atoms with Gasteiger partial charge in [0.15, 0.2) is 16.6 Å². The van der Waals surface area contributed by atoms with Crippen molar-refractivity contribution in [2.24, 2.45) is 0 Å². The molecule has 2 aromatic rings. The van der Waals surface area contributed by atoms with Crippen LogP contribution < -0.4 is 20.1 Å². The quantitative estimate of drug-likeness (QED) is 0.673. The Hall–Kier alpha value is -2.38. The number of rotatable bonds is 7. The molecule has 156 valence electrons. The number of thiocarbonyl (C=S) groups is 1. The molecule has 0 amide bonds. The summed E-state index contributed by atoms with van der Waals surface area (Å²) in [6.07, 6.45) is 0.908. The van der Waals surface area contributed by atoms with Crippen LogP contribution in [0.25, 0.3) is 0 Å². The fraction of sp³-hybridized carbons (Fsp3) is 0.409. The molecule has 7 heteroatoms. The Labute approximate surface area is 177 Å². The van der Waals surface area contributed by atoms with E-state index in [1.54, 1.807) is 14.2 Å². The summed E-state index contributed by atoms with van der Waals surface area (Å²) in [5.74, 6) is 1.24. The van der Waals surface area contributed by atoms with Crippen molar-refractivity contribution in [2.45, 2.75) is 25.9 Å². The van der Waals surface area contributed by atoms with Crippen molar-refractivity contribution < 1.29 is 13.9 Å². The molecule has 0 saturated carbocycles. The zero-order valence-corrected chi connectivity index (χ0v) is 17.9. The second-order valence-corrected chi connectivity index (χ2v) is 7.42. The van der Waals surface area contributed by atoms with Crippen LogP contribution in [-0.2, 0) is 13.0 Å². The highest BCUT2D eigenvalue weighted by atomic mass is 32.1. The van der Waals surface area contributed by atoms with Crippen LogP contribution in [0.5, 0.6) is 11.5 Å². The molecule has 2 N–H and O–H groups in total. The smallest absolute Gasteiger partial charge is 0.166 e. The minimum absolute atomic E-state index is 0.0974. The lowest BCUT2D eigenvalue weighted by molar-refractivity contribution is 0.176. The van der Waals surface area contributed by atoms with Gasteiger partial charge in [0.25, 0.3) is 0 Å². The summed E-state index contributed by atoms with van der Waals surface area (Å²) in [4.78, 5) is 2.39. The fourth-order valence-electron chi connectivity index (χ4n) is 3.75. The summed E-state index contributed by atoms with van der Waals surface area (Å²) < 4.78 is 24.3. The number of halogens is 1. The van der Waals surface area contributed by atoms with Crippen LogP contribution in [0.3, 0.4) is 0 Å². The number of nitrogens with one attached hydrogen (secondary N) is 2. The minimum Gasteiger partial charge on any atom is -0.493 e. The Morgan fingerprint density at radius 2 is 1.83 bits per heavy atom. The summed E-state index contributed by atoms with van der Waals surface area (Å²) in [6, 6.07) is 10.9. The van der Waals surface area contributed by atoms with Crippen LogP contribution >= 0.6 is 12.2 Å². The maximum atomic E-state index is 13.3. The second kappa shape index (κ2) is 9.89. The van der Waals surface area contributed by atoms with E-state index in [-0.39, 0.29) is 11.9 Å². The van der Waals surface area contributed by atoms with Gasteiger partial charge in [-0.2, -0.15) is 0 Å². The van der Waals surface area contributed by atoms with Gasteiger partial charge < -0.3 is 20.1 Å². The Bertz CT molecular complexity index is 845. The Morgan fingerprint density at radius 1 is 1.14 bits per heavy atom. The number of hydrogen-bond donors (Lipinski definition) is 2. The lowest BCUT2D eigenvalue weighted by atomic mass is 9.91. The predicted octanol–water partition coefficient (Wildman–Crippen LogP) is 3.43. The first-order valence-corrected chi connectivity index (χ1v) is 10.2.